The van der Waals surface area contributed by atoms with Crippen molar-refractivity contribution in [1.82, 2.24) is 0 Å². The zero-order chi connectivity index (χ0) is 95.0. The highest BCUT2D eigenvalue weighted by atomic mass is 32.2. The van der Waals surface area contributed by atoms with Gasteiger partial charge in [-0.2, -0.15) is 0 Å². The molecular weight excluding hydrogens is 1830 g/mol. The number of nitrogens with one attached hydrogen (secondary N) is 1. The second-order valence-electron chi connectivity index (χ2n) is 28.5. The molecule has 0 aliphatic carbocycles. The highest BCUT2D eigenvalue weighted by Crippen LogP contribution is 2.50. The van der Waals surface area contributed by atoms with Crippen molar-refractivity contribution in [1.29, 1.82) is 5.41 Å². The van der Waals surface area contributed by atoms with Crippen LogP contribution in [-0.2, 0) is 210 Å². The summed E-state index contributed by atoms with van der Waals surface area (Å²) >= 11 is 3.53. The van der Waals surface area contributed by atoms with Crippen LogP contribution in [0.25, 0.3) is 0 Å². The van der Waals surface area contributed by atoms with Gasteiger partial charge < -0.3 is 124 Å². The third-order valence-corrected chi connectivity index (χ3v) is 25.4. The Balaban J connectivity index is 1.70. The van der Waals surface area contributed by atoms with Crippen LogP contribution in [0, 0.1) is 5.41 Å². The Kier molecular flexibility index (Phi) is 42.0. The van der Waals surface area contributed by atoms with Gasteiger partial charge in [-0.15, -0.1) is 58.8 Å². The summed E-state index contributed by atoms with van der Waals surface area (Å²) in [4.78, 5) is 252. The van der Waals surface area contributed by atoms with E-state index < -0.39 is 333 Å². The van der Waals surface area contributed by atoms with Crippen molar-refractivity contribution in [3.8, 4) is 0 Å². The lowest BCUT2D eigenvalue weighted by molar-refractivity contribution is -0.238. The maximum Gasteiger partial charge on any atom is 0.303 e. The molecule has 6 heterocycles. The van der Waals surface area contributed by atoms with Gasteiger partial charge in [0, 0.05) is 149 Å². The number of esters is 19. The smallest absolute Gasteiger partial charge is 0.303 e. The van der Waals surface area contributed by atoms with Crippen LogP contribution < -0.4 is 5.73 Å². The molecule has 6 fully saturated rings. The predicted octanol–water partition coefficient (Wildman–Crippen LogP) is 0.962. The molecule has 3 N–H and O–H groups in total. The Morgan fingerprint density at radius 2 is 0.394 bits per heavy atom. The summed E-state index contributed by atoms with van der Waals surface area (Å²) in [6.45, 7) is 16.0. The Morgan fingerprint density at radius 1 is 0.220 bits per heavy atom. The average Bonchev–Trinajstić information content (AvgIpc) is 0.763. The van der Waals surface area contributed by atoms with E-state index in [0.29, 0.717) is 70.6 Å². The van der Waals surface area contributed by atoms with Crippen molar-refractivity contribution in [2.24, 2.45) is 5.73 Å². The van der Waals surface area contributed by atoms with Gasteiger partial charge in [0.25, 0.3) is 0 Å². The van der Waals surface area contributed by atoms with Crippen LogP contribution in [0.5, 0.6) is 0 Å². The SMILES string of the molecule is CC(=O)OC[C@H]1O[C@@H](SC[C@H]2O[C@@H](SC[C@H]3O[C@@H](SC[C@H]4O[C@@H](SC(=N)N)[C@H](OC(C)=O)[C@@H](OC(C)=O)[C@@H]4OC(C)=O)[C@H](OC(C)=O)[C@@H](S[C@@H]4O[C@H](COC(C)=O)[C@@H](OC(C)=O)[C@H](OC(C)=O)[C@H]4OC(C)=O)[C@@H]3OC(C)=O)[C@H](OC(C)=O)[C@@H](S[C@@H]3O[C@H](COC(C)=O)[C@@H](OC(C)=O)[C@H](OC(C)=O)[C@H]3OC(C)=O)[C@@H]2OC(C)=O)[C@H](OC(C)=O)[C@@H](OC(C)=O)[C@@H]1OC(C)=O. The van der Waals surface area contributed by atoms with Gasteiger partial charge in [0.2, 0.25) is 0 Å². The first-order chi connectivity index (χ1) is 59.4. The first-order valence-corrected chi connectivity index (χ1v) is 44.6. The lowest BCUT2D eigenvalue weighted by atomic mass is 9.99. The molecule has 0 radical (unpaired) electrons. The Bertz CT molecular complexity index is 4010. The molecule has 0 spiro atoms. The molecule has 0 aromatic heterocycles. The molecule has 712 valence electrons. The van der Waals surface area contributed by atoms with Gasteiger partial charge in [-0.1, -0.05) is 11.8 Å². The molecule has 0 aromatic carbocycles. The molecule has 0 amide bonds. The number of amidine groups is 1. The number of carbonyl (C=O) groups is 19. The fraction of sp³-hybridized carbons (Fsp3) is 0.733. The van der Waals surface area contributed by atoms with E-state index in [4.69, 9.17) is 130 Å². The molecule has 6 aliphatic rings. The minimum absolute atomic E-state index is 0.469. The molecule has 6 saturated heterocycles. The molecular formula is C75H102N2O44S6. The molecule has 0 bridgehead atoms. The van der Waals surface area contributed by atoms with Crippen molar-refractivity contribution < 1.29 is 210 Å². The average molecular weight is 1930 g/mol. The molecule has 0 saturated carbocycles. The third-order valence-electron chi connectivity index (χ3n) is 17.8. The quantitative estimate of drug-likeness (QED) is 0.0382. The molecule has 6 rings (SSSR count). The van der Waals surface area contributed by atoms with Crippen molar-refractivity contribution in [2.45, 2.75) is 309 Å². The summed E-state index contributed by atoms with van der Waals surface area (Å²) in [6.07, 6.45) is -39.2. The van der Waals surface area contributed by atoms with Gasteiger partial charge in [0.05, 0.1) is 10.5 Å². The third kappa shape index (κ3) is 33.0. The topological polar surface area (TPSA) is 605 Å². The van der Waals surface area contributed by atoms with Crippen LogP contribution in [0.3, 0.4) is 0 Å². The maximum absolute atomic E-state index is 14.2. The van der Waals surface area contributed by atoms with Gasteiger partial charge >= 0.3 is 113 Å². The van der Waals surface area contributed by atoms with Crippen LogP contribution in [0.1, 0.15) is 132 Å². The number of ether oxygens (including phenoxy) is 25. The highest BCUT2D eigenvalue weighted by molar-refractivity contribution is 8.14. The van der Waals surface area contributed by atoms with Gasteiger partial charge in [0.15, 0.2) is 96.1 Å². The van der Waals surface area contributed by atoms with Gasteiger partial charge in [0.1, 0.15) is 95.8 Å². The fourth-order valence-corrected chi connectivity index (χ4v) is 22.0. The van der Waals surface area contributed by atoms with E-state index in [1.54, 1.807) is 0 Å². The number of thioether (sulfide) groups is 6. The van der Waals surface area contributed by atoms with Gasteiger partial charge in [-0.3, -0.25) is 96.5 Å². The zero-order valence-electron chi connectivity index (χ0n) is 72.1. The minimum atomic E-state index is -1.93. The number of hydrogen-bond donors (Lipinski definition) is 2. The summed E-state index contributed by atoms with van der Waals surface area (Å²) in [7, 11) is 0. The Hall–Kier alpha value is -8.74. The molecule has 0 unspecified atom stereocenters. The lowest BCUT2D eigenvalue weighted by Crippen LogP contribution is -2.64. The van der Waals surface area contributed by atoms with Crippen LogP contribution in [-0.4, -0.2) is 333 Å². The van der Waals surface area contributed by atoms with E-state index in [1.807, 2.05) is 0 Å². The summed E-state index contributed by atoms with van der Waals surface area (Å²) in [5, 5.41) is 4.17. The van der Waals surface area contributed by atoms with E-state index >= 15 is 0 Å². The van der Waals surface area contributed by atoms with Gasteiger partial charge in [-0.25, -0.2) is 0 Å². The van der Waals surface area contributed by atoms with E-state index in [0.717, 1.165) is 132 Å². The Labute approximate surface area is 751 Å². The largest absolute Gasteiger partial charge is 0.463 e. The van der Waals surface area contributed by atoms with Crippen molar-refractivity contribution in [3.63, 3.8) is 0 Å². The van der Waals surface area contributed by atoms with Crippen LogP contribution in [0.15, 0.2) is 0 Å². The molecule has 127 heavy (non-hydrogen) atoms. The summed E-state index contributed by atoms with van der Waals surface area (Å²) in [5.74, 6) is -21.4. The van der Waals surface area contributed by atoms with Crippen LogP contribution in [0.2, 0.25) is 0 Å². The molecule has 0 aromatic rings. The van der Waals surface area contributed by atoms with E-state index in [-0.39, 0.29) is 0 Å². The molecule has 52 heteroatoms. The minimum Gasteiger partial charge on any atom is -0.463 e. The van der Waals surface area contributed by atoms with Crippen LogP contribution >= 0.6 is 70.6 Å². The standard InChI is InChI=1S/C75H102N2O44S6/c1-26(78)97-20-45-51(100-29(4)81)57(106-35(10)87)61(110-39(14)91)69(116-45)122-24-49-55(104-33(8)85)67(125-72-62(111-40(15)92)58(107-36(11)88)52(101-30(5)82)46(117-72)21-98-27(2)79)66(115-44(19)96)71(119-49)124-25-50-56(105-34(9)86)68(126-73-63(112-41(16)93)59(108-37(12)89)53(102-31(6)83)47(118-73)22-99-28(3)80)65(114-43(18)95)70(120-50)123-23-48-54(103-32(7)84)60(109-38(13)90)64(113-42(17)94)74(121-48)127-75(76)77/h45-74H,20-25H2,1-19H3,(H3,76,77)/t45-,46-,47-,48-,49-,50-,51-,52-,53-,54-,55-,56-,57+,58+,59+,60+,61-,62-,63-,64-,65-,66-,67+,68+,69+,70+,71+,72+,73+,74+/m1/s1. The summed E-state index contributed by atoms with van der Waals surface area (Å²) < 4.78 is 150. The molecule has 46 nitrogen and oxygen atoms in total. The highest BCUT2D eigenvalue weighted by Gasteiger charge is 2.63. The van der Waals surface area contributed by atoms with Crippen molar-refractivity contribution in [3.05, 3.63) is 0 Å². The normalized spacial score (nSPS) is 32.6. The van der Waals surface area contributed by atoms with E-state index in [1.165, 1.54) is 0 Å². The van der Waals surface area contributed by atoms with E-state index in [2.05, 4.69) is 0 Å². The second kappa shape index (κ2) is 49.9. The number of rotatable bonds is 36. The van der Waals surface area contributed by atoms with Crippen LogP contribution in [0.4, 0.5) is 0 Å². The first kappa shape index (κ1) is 107. The van der Waals surface area contributed by atoms with Crippen molar-refractivity contribution in [2.75, 3.05) is 37.1 Å². The monoisotopic (exact) mass is 1930 g/mol. The summed E-state index contributed by atoms with van der Waals surface area (Å²) in [5.41, 5.74) is -4.57. The Morgan fingerprint density at radius 3 is 0.638 bits per heavy atom. The van der Waals surface area contributed by atoms with Crippen molar-refractivity contribution >= 4 is 189 Å². The first-order valence-electron chi connectivity index (χ1n) is 38.7. The predicted molar refractivity (Wildman–Crippen MR) is 430 cm³/mol. The zero-order valence-corrected chi connectivity index (χ0v) is 77.0. The second-order valence-corrected chi connectivity index (χ2v) is 35.6. The molecule has 6 aliphatic heterocycles. The fourth-order valence-electron chi connectivity index (χ4n) is 13.9. The number of carbonyl (C=O) groups excluding carboxylic acids is 19. The molecule has 30 atom stereocenters. The van der Waals surface area contributed by atoms with Gasteiger partial charge in [-0.05, 0) is 0 Å². The number of nitrogens with two attached hydrogens (primary N) is 1. The number of hydrogen-bond acceptors (Lipinski definition) is 51. The summed E-state index contributed by atoms with van der Waals surface area (Å²) in [6, 6.07) is 0. The van der Waals surface area contributed by atoms with E-state index in [9.17, 15) is 91.1 Å². The maximum atomic E-state index is 14.2. The lowest BCUT2D eigenvalue weighted by Gasteiger charge is -2.50.